The maximum absolute atomic E-state index is 12.7. The van der Waals surface area contributed by atoms with Crippen LogP contribution in [0.1, 0.15) is 54.3 Å². The molecule has 0 unspecified atom stereocenters. The van der Waals surface area contributed by atoms with Gasteiger partial charge in [0.05, 0.1) is 29.0 Å². The third-order valence-electron chi connectivity index (χ3n) is 4.58. The first-order valence-corrected chi connectivity index (χ1v) is 11.0. The first-order chi connectivity index (χ1) is 14.6. The predicted octanol–water partition coefficient (Wildman–Crippen LogP) is 4.82. The summed E-state index contributed by atoms with van der Waals surface area (Å²) in [5.74, 6) is 0.0816. The zero-order valence-corrected chi connectivity index (χ0v) is 18.3. The van der Waals surface area contributed by atoms with Crippen molar-refractivity contribution >= 4 is 33.4 Å². The van der Waals surface area contributed by atoms with Crippen molar-refractivity contribution in [3.05, 3.63) is 58.4 Å². The highest BCUT2D eigenvalue weighted by Crippen LogP contribution is 2.20. The number of benzene rings is 2. The molecule has 0 bridgehead atoms. The van der Waals surface area contributed by atoms with Gasteiger partial charge >= 0.3 is 5.97 Å². The number of fused-ring (bicyclic) bond motifs is 1. The lowest BCUT2D eigenvalue weighted by Crippen LogP contribution is -2.15. The fourth-order valence-electron chi connectivity index (χ4n) is 2.99. The molecule has 1 amide bonds. The average Bonchev–Trinajstić information content (AvgIpc) is 3.10. The van der Waals surface area contributed by atoms with Crippen LogP contribution in [0.5, 0.6) is 5.75 Å². The molecule has 0 radical (unpaired) electrons. The molecule has 0 spiro atoms. The summed E-state index contributed by atoms with van der Waals surface area (Å²) in [6.07, 6.45) is 2.07. The number of hydrogen-bond donors (Lipinski definition) is 0. The van der Waals surface area contributed by atoms with Gasteiger partial charge in [0.2, 0.25) is 0 Å². The second-order valence-corrected chi connectivity index (χ2v) is 7.68. The van der Waals surface area contributed by atoms with Crippen molar-refractivity contribution in [2.75, 3.05) is 13.2 Å². The predicted molar refractivity (Wildman–Crippen MR) is 118 cm³/mol. The Hall–Kier alpha value is -2.93. The highest BCUT2D eigenvalue weighted by atomic mass is 32.1. The minimum Gasteiger partial charge on any atom is -0.494 e. The molecular formula is C23H26N2O4S. The Morgan fingerprint density at radius 3 is 2.43 bits per heavy atom. The molecule has 30 heavy (non-hydrogen) atoms. The van der Waals surface area contributed by atoms with E-state index < -0.39 is 0 Å². The number of carbonyl (C=O) groups is 2. The lowest BCUT2D eigenvalue weighted by molar-refractivity contribution is 0.0526. The van der Waals surface area contributed by atoms with Gasteiger partial charge in [0.25, 0.3) is 5.91 Å². The van der Waals surface area contributed by atoms with Crippen LogP contribution in [-0.4, -0.2) is 29.7 Å². The summed E-state index contributed by atoms with van der Waals surface area (Å²) in [5, 5.41) is 0. The Morgan fingerprint density at radius 1 is 1.03 bits per heavy atom. The van der Waals surface area contributed by atoms with Crippen LogP contribution in [0.15, 0.2) is 47.5 Å². The molecule has 0 N–H and O–H groups in total. The van der Waals surface area contributed by atoms with Crippen LogP contribution < -0.4 is 9.54 Å². The number of carbonyl (C=O) groups excluding carboxylic acids is 2. The Kier molecular flexibility index (Phi) is 7.41. The van der Waals surface area contributed by atoms with Crippen LogP contribution in [0.4, 0.5) is 0 Å². The van der Waals surface area contributed by atoms with E-state index in [1.165, 1.54) is 11.3 Å². The van der Waals surface area contributed by atoms with Gasteiger partial charge in [-0.05, 0) is 62.7 Å². The van der Waals surface area contributed by atoms with E-state index >= 15 is 0 Å². The molecule has 1 aromatic heterocycles. The van der Waals surface area contributed by atoms with E-state index in [4.69, 9.17) is 9.47 Å². The number of thiazole rings is 1. The number of unbranched alkanes of at least 4 members (excludes halogenated alkanes) is 1. The molecule has 6 nitrogen and oxygen atoms in total. The molecule has 0 aliphatic rings. The first-order valence-electron chi connectivity index (χ1n) is 10.2. The topological polar surface area (TPSA) is 69.9 Å². The number of hydrogen-bond acceptors (Lipinski definition) is 5. The molecule has 0 aliphatic heterocycles. The third-order valence-corrected chi connectivity index (χ3v) is 5.62. The molecule has 0 aliphatic carbocycles. The number of aromatic nitrogens is 1. The molecule has 0 saturated carbocycles. The zero-order chi connectivity index (χ0) is 21.5. The van der Waals surface area contributed by atoms with E-state index in [0.29, 0.717) is 35.7 Å². The molecular weight excluding hydrogens is 400 g/mol. The number of esters is 1. The molecule has 2 aromatic carbocycles. The highest BCUT2D eigenvalue weighted by molar-refractivity contribution is 7.16. The molecule has 0 atom stereocenters. The van der Waals surface area contributed by atoms with Gasteiger partial charge in [-0.2, -0.15) is 4.99 Å². The Morgan fingerprint density at radius 2 is 1.77 bits per heavy atom. The summed E-state index contributed by atoms with van der Waals surface area (Å²) < 4.78 is 13.6. The van der Waals surface area contributed by atoms with Gasteiger partial charge in [-0.25, -0.2) is 4.79 Å². The smallest absolute Gasteiger partial charge is 0.338 e. The molecule has 1 heterocycles. The SMILES string of the molecule is CCCCOc1ccc(C(=O)N=c2sc3cc(C(=O)OCC)ccc3n2CC)cc1. The maximum Gasteiger partial charge on any atom is 0.338 e. The maximum atomic E-state index is 12.7. The van der Waals surface area contributed by atoms with Gasteiger partial charge in [0.15, 0.2) is 4.80 Å². The van der Waals surface area contributed by atoms with Gasteiger partial charge in [0.1, 0.15) is 5.75 Å². The van der Waals surface area contributed by atoms with Crippen LogP contribution in [-0.2, 0) is 11.3 Å². The standard InChI is InChI=1S/C23H26N2O4S/c1-4-7-14-29-18-11-8-16(9-12-18)21(26)24-23-25(5-2)19-13-10-17(15-20(19)30-23)22(27)28-6-3/h8-13,15H,4-7,14H2,1-3H3. The normalized spacial score (nSPS) is 11.6. The third kappa shape index (κ3) is 4.97. The molecule has 3 aromatic rings. The van der Waals surface area contributed by atoms with Gasteiger partial charge < -0.3 is 14.0 Å². The molecule has 7 heteroatoms. The van der Waals surface area contributed by atoms with Crippen molar-refractivity contribution in [1.29, 1.82) is 0 Å². The zero-order valence-electron chi connectivity index (χ0n) is 17.5. The Balaban J connectivity index is 1.88. The second kappa shape index (κ2) is 10.2. The minimum absolute atomic E-state index is 0.311. The summed E-state index contributed by atoms with van der Waals surface area (Å²) in [4.78, 5) is 29.7. The molecule has 0 saturated heterocycles. The molecule has 3 rings (SSSR count). The van der Waals surface area contributed by atoms with E-state index in [0.717, 1.165) is 28.8 Å². The van der Waals surface area contributed by atoms with Crippen LogP contribution in [0, 0.1) is 0 Å². The summed E-state index contributed by atoms with van der Waals surface area (Å²) >= 11 is 1.38. The lowest BCUT2D eigenvalue weighted by Gasteiger charge is -2.05. The summed E-state index contributed by atoms with van der Waals surface area (Å²) in [6.45, 7) is 7.54. The van der Waals surface area contributed by atoms with Crippen molar-refractivity contribution in [3.8, 4) is 5.75 Å². The number of aryl methyl sites for hydroxylation is 1. The number of rotatable bonds is 8. The first kappa shape index (κ1) is 21.8. The average molecular weight is 427 g/mol. The van der Waals surface area contributed by atoms with Crippen molar-refractivity contribution in [2.24, 2.45) is 4.99 Å². The monoisotopic (exact) mass is 426 g/mol. The van der Waals surface area contributed by atoms with E-state index in [2.05, 4.69) is 11.9 Å². The van der Waals surface area contributed by atoms with Crippen LogP contribution >= 0.6 is 11.3 Å². The van der Waals surface area contributed by atoms with Gasteiger partial charge in [-0.3, -0.25) is 4.79 Å². The summed E-state index contributed by atoms with van der Waals surface area (Å²) in [7, 11) is 0. The fraction of sp³-hybridized carbons (Fsp3) is 0.348. The fourth-order valence-corrected chi connectivity index (χ4v) is 4.12. The number of nitrogens with zero attached hydrogens (tertiary/aromatic N) is 2. The van der Waals surface area contributed by atoms with Gasteiger partial charge in [-0.1, -0.05) is 24.7 Å². The minimum atomic E-state index is -0.355. The quantitative estimate of drug-likeness (QED) is 0.382. The van der Waals surface area contributed by atoms with Gasteiger partial charge in [-0.15, -0.1) is 0 Å². The summed E-state index contributed by atoms with van der Waals surface area (Å²) in [6, 6.07) is 12.4. The largest absolute Gasteiger partial charge is 0.494 e. The Labute approximate surface area is 179 Å². The van der Waals surface area contributed by atoms with Crippen molar-refractivity contribution in [3.63, 3.8) is 0 Å². The van der Waals surface area contributed by atoms with Crippen molar-refractivity contribution in [2.45, 2.75) is 40.2 Å². The summed E-state index contributed by atoms with van der Waals surface area (Å²) in [5.41, 5.74) is 1.93. The van der Waals surface area contributed by atoms with Crippen LogP contribution in [0.2, 0.25) is 0 Å². The number of ether oxygens (including phenoxy) is 2. The molecule has 0 fully saturated rings. The van der Waals surface area contributed by atoms with Gasteiger partial charge in [0, 0.05) is 12.1 Å². The number of amides is 1. The van der Waals surface area contributed by atoms with E-state index in [1.807, 2.05) is 17.6 Å². The van der Waals surface area contributed by atoms with Crippen molar-refractivity contribution < 1.29 is 19.1 Å². The van der Waals surface area contributed by atoms with E-state index in [1.54, 1.807) is 43.3 Å². The van der Waals surface area contributed by atoms with Crippen LogP contribution in [0.3, 0.4) is 0 Å². The van der Waals surface area contributed by atoms with Crippen molar-refractivity contribution in [1.82, 2.24) is 4.57 Å². The van der Waals surface area contributed by atoms with E-state index in [-0.39, 0.29) is 11.9 Å². The van der Waals surface area contributed by atoms with Crippen LogP contribution in [0.25, 0.3) is 10.2 Å². The lowest BCUT2D eigenvalue weighted by atomic mass is 10.2. The Bertz CT molecular complexity index is 1100. The highest BCUT2D eigenvalue weighted by Gasteiger charge is 2.12. The second-order valence-electron chi connectivity index (χ2n) is 6.68. The molecule has 158 valence electrons. The van der Waals surface area contributed by atoms with E-state index in [9.17, 15) is 9.59 Å².